The summed E-state index contributed by atoms with van der Waals surface area (Å²) in [4.78, 5) is 12.1. The normalized spacial score (nSPS) is 23.4. The molecule has 1 saturated heterocycles. The summed E-state index contributed by atoms with van der Waals surface area (Å²) in [7, 11) is 1.60. The van der Waals surface area contributed by atoms with Crippen LogP contribution in [0.2, 0.25) is 0 Å². The molecule has 1 amide bonds. The maximum atomic E-state index is 12.1. The van der Waals surface area contributed by atoms with Crippen LogP contribution in [0, 0.1) is 0 Å². The molecule has 0 bridgehead atoms. The second-order valence-corrected chi connectivity index (χ2v) is 4.70. The van der Waals surface area contributed by atoms with Crippen LogP contribution in [0.5, 0.6) is 5.75 Å². The predicted molar refractivity (Wildman–Crippen MR) is 70.9 cm³/mol. The number of hydrogen-bond acceptors (Lipinski definition) is 3. The van der Waals surface area contributed by atoms with Crippen LogP contribution in [0.15, 0.2) is 24.3 Å². The molecule has 1 heterocycles. The van der Waals surface area contributed by atoms with Crippen LogP contribution in [0.4, 0.5) is 0 Å². The van der Waals surface area contributed by atoms with Crippen molar-refractivity contribution in [2.24, 2.45) is 0 Å². The minimum absolute atomic E-state index is 0.0329. The summed E-state index contributed by atoms with van der Waals surface area (Å²) in [5, 5.41) is 6.45. The molecule has 0 spiro atoms. The number of amides is 1. The first-order valence-electron chi connectivity index (χ1n) is 6.39. The van der Waals surface area contributed by atoms with E-state index in [1.807, 2.05) is 12.1 Å². The molecule has 0 aromatic heterocycles. The van der Waals surface area contributed by atoms with Crippen molar-refractivity contribution in [2.75, 3.05) is 13.7 Å². The fourth-order valence-corrected chi connectivity index (χ4v) is 2.26. The monoisotopic (exact) mass is 248 g/mol. The highest BCUT2D eigenvalue weighted by atomic mass is 16.5. The van der Waals surface area contributed by atoms with Crippen molar-refractivity contribution >= 4 is 5.91 Å². The summed E-state index contributed by atoms with van der Waals surface area (Å²) >= 11 is 0. The van der Waals surface area contributed by atoms with E-state index in [4.69, 9.17) is 4.74 Å². The number of carbonyl (C=O) groups excluding carboxylic acids is 1. The zero-order chi connectivity index (χ0) is 13.0. The van der Waals surface area contributed by atoms with Gasteiger partial charge in [-0.1, -0.05) is 6.07 Å². The first-order chi connectivity index (χ1) is 8.70. The summed E-state index contributed by atoms with van der Waals surface area (Å²) in [6, 6.07) is 7.76. The smallest absolute Gasteiger partial charge is 0.251 e. The molecule has 4 heteroatoms. The maximum Gasteiger partial charge on any atom is 0.251 e. The predicted octanol–water partition coefficient (Wildman–Crippen LogP) is 1.57. The van der Waals surface area contributed by atoms with Gasteiger partial charge in [0, 0.05) is 17.6 Å². The lowest BCUT2D eigenvalue weighted by atomic mass is 9.99. The molecule has 2 atom stereocenters. The topological polar surface area (TPSA) is 50.4 Å². The van der Waals surface area contributed by atoms with E-state index in [-0.39, 0.29) is 11.9 Å². The van der Waals surface area contributed by atoms with Gasteiger partial charge in [-0.05, 0) is 44.5 Å². The van der Waals surface area contributed by atoms with Crippen molar-refractivity contribution in [1.29, 1.82) is 0 Å². The molecule has 1 aromatic rings. The Labute approximate surface area is 108 Å². The third-order valence-corrected chi connectivity index (χ3v) is 3.41. The van der Waals surface area contributed by atoms with Gasteiger partial charge in [0.15, 0.2) is 0 Å². The number of piperidine rings is 1. The van der Waals surface area contributed by atoms with E-state index >= 15 is 0 Å². The summed E-state index contributed by atoms with van der Waals surface area (Å²) in [5.41, 5.74) is 0.645. The first kappa shape index (κ1) is 12.9. The van der Waals surface area contributed by atoms with E-state index < -0.39 is 0 Å². The van der Waals surface area contributed by atoms with Gasteiger partial charge in [-0.2, -0.15) is 0 Å². The lowest BCUT2D eigenvalue weighted by Gasteiger charge is -2.30. The van der Waals surface area contributed by atoms with Gasteiger partial charge in [0.2, 0.25) is 0 Å². The fourth-order valence-electron chi connectivity index (χ4n) is 2.26. The summed E-state index contributed by atoms with van der Waals surface area (Å²) in [6.07, 6.45) is 2.14. The molecule has 2 unspecified atom stereocenters. The summed E-state index contributed by atoms with van der Waals surface area (Å²) < 4.78 is 5.12. The molecule has 2 rings (SSSR count). The van der Waals surface area contributed by atoms with E-state index in [0.717, 1.165) is 19.4 Å². The number of carbonyl (C=O) groups is 1. The number of ether oxygens (including phenoxy) is 1. The minimum atomic E-state index is -0.0329. The Morgan fingerprint density at radius 1 is 1.50 bits per heavy atom. The molecule has 1 fully saturated rings. The van der Waals surface area contributed by atoms with Crippen LogP contribution >= 0.6 is 0 Å². The highest BCUT2D eigenvalue weighted by Gasteiger charge is 2.22. The van der Waals surface area contributed by atoms with Crippen LogP contribution < -0.4 is 15.4 Å². The molecule has 0 radical (unpaired) electrons. The van der Waals surface area contributed by atoms with Crippen LogP contribution in [-0.4, -0.2) is 31.6 Å². The molecule has 4 nitrogen and oxygen atoms in total. The van der Waals surface area contributed by atoms with Crippen molar-refractivity contribution in [3.8, 4) is 5.75 Å². The van der Waals surface area contributed by atoms with E-state index in [9.17, 15) is 4.79 Å². The van der Waals surface area contributed by atoms with Crippen molar-refractivity contribution in [3.05, 3.63) is 29.8 Å². The van der Waals surface area contributed by atoms with Gasteiger partial charge in [-0.3, -0.25) is 4.79 Å². The van der Waals surface area contributed by atoms with Crippen LogP contribution in [0.1, 0.15) is 30.1 Å². The molecule has 0 saturated carbocycles. The minimum Gasteiger partial charge on any atom is -0.497 e. The van der Waals surface area contributed by atoms with Crippen molar-refractivity contribution < 1.29 is 9.53 Å². The molecule has 2 N–H and O–H groups in total. The molecular weight excluding hydrogens is 228 g/mol. The summed E-state index contributed by atoms with van der Waals surface area (Å²) in [6.45, 7) is 3.14. The van der Waals surface area contributed by atoms with Crippen LogP contribution in [-0.2, 0) is 0 Å². The first-order valence-corrected chi connectivity index (χ1v) is 6.39. The van der Waals surface area contributed by atoms with Gasteiger partial charge >= 0.3 is 0 Å². The Balaban J connectivity index is 2.02. The average molecular weight is 248 g/mol. The molecule has 0 aliphatic carbocycles. The highest BCUT2D eigenvalue weighted by molar-refractivity contribution is 5.94. The van der Waals surface area contributed by atoms with E-state index in [2.05, 4.69) is 17.6 Å². The van der Waals surface area contributed by atoms with Gasteiger partial charge in [-0.15, -0.1) is 0 Å². The maximum absolute atomic E-state index is 12.1. The quantitative estimate of drug-likeness (QED) is 0.853. The van der Waals surface area contributed by atoms with Gasteiger partial charge in [0.25, 0.3) is 5.91 Å². The van der Waals surface area contributed by atoms with Gasteiger partial charge in [-0.25, -0.2) is 0 Å². The van der Waals surface area contributed by atoms with E-state index in [0.29, 0.717) is 17.4 Å². The second-order valence-electron chi connectivity index (χ2n) is 4.70. The zero-order valence-electron chi connectivity index (χ0n) is 10.9. The van der Waals surface area contributed by atoms with E-state index in [1.165, 1.54) is 0 Å². The average Bonchev–Trinajstić information content (AvgIpc) is 2.41. The Bertz CT molecular complexity index is 420. The standard InChI is InChI=1S/C14H20N2O2/c1-10-13(7-4-8-15-10)16-14(17)11-5-3-6-12(9-11)18-2/h3,5-6,9-10,13,15H,4,7-8H2,1-2H3,(H,16,17). The lowest BCUT2D eigenvalue weighted by Crippen LogP contribution is -2.51. The molecular formula is C14H20N2O2. The number of nitrogens with one attached hydrogen (secondary N) is 2. The molecule has 98 valence electrons. The molecule has 18 heavy (non-hydrogen) atoms. The molecule has 1 aliphatic heterocycles. The number of hydrogen-bond donors (Lipinski definition) is 2. The van der Waals surface area contributed by atoms with E-state index in [1.54, 1.807) is 19.2 Å². The second kappa shape index (κ2) is 5.87. The van der Waals surface area contributed by atoms with Gasteiger partial charge in [0.1, 0.15) is 5.75 Å². The van der Waals surface area contributed by atoms with Crippen molar-refractivity contribution in [1.82, 2.24) is 10.6 Å². The molecule has 1 aromatic carbocycles. The lowest BCUT2D eigenvalue weighted by molar-refractivity contribution is 0.0919. The van der Waals surface area contributed by atoms with Crippen LogP contribution in [0.25, 0.3) is 0 Å². The SMILES string of the molecule is COc1cccc(C(=O)NC2CCCNC2C)c1. The Morgan fingerprint density at radius 3 is 3.06 bits per heavy atom. The number of methoxy groups -OCH3 is 1. The summed E-state index contributed by atoms with van der Waals surface area (Å²) in [5.74, 6) is 0.673. The van der Waals surface area contributed by atoms with Gasteiger partial charge in [0.05, 0.1) is 7.11 Å². The highest BCUT2D eigenvalue weighted by Crippen LogP contribution is 2.14. The number of benzene rings is 1. The van der Waals surface area contributed by atoms with Crippen LogP contribution in [0.3, 0.4) is 0 Å². The third kappa shape index (κ3) is 3.01. The Morgan fingerprint density at radius 2 is 2.33 bits per heavy atom. The largest absolute Gasteiger partial charge is 0.497 e. The van der Waals surface area contributed by atoms with Crippen molar-refractivity contribution in [3.63, 3.8) is 0 Å². The number of rotatable bonds is 3. The zero-order valence-corrected chi connectivity index (χ0v) is 10.9. The van der Waals surface area contributed by atoms with Gasteiger partial charge < -0.3 is 15.4 Å². The third-order valence-electron chi connectivity index (χ3n) is 3.41. The fraction of sp³-hybridized carbons (Fsp3) is 0.500. The molecule has 1 aliphatic rings. The Kier molecular flexibility index (Phi) is 4.20. The Hall–Kier alpha value is -1.55. The van der Waals surface area contributed by atoms with Crippen molar-refractivity contribution in [2.45, 2.75) is 31.8 Å².